The zero-order valence-electron chi connectivity index (χ0n) is 19.3. The monoisotopic (exact) mass is 471 g/mol. The van der Waals surface area contributed by atoms with Gasteiger partial charge in [-0.25, -0.2) is 8.42 Å². The fourth-order valence-corrected chi connectivity index (χ4v) is 6.02. The lowest BCUT2D eigenvalue weighted by molar-refractivity contribution is -0.131. The molecule has 2 aliphatic rings. The molecule has 8 heteroatoms. The summed E-state index contributed by atoms with van der Waals surface area (Å²) in [6.45, 7) is 4.23. The van der Waals surface area contributed by atoms with E-state index in [0.29, 0.717) is 43.9 Å². The number of amides is 1. The first-order chi connectivity index (χ1) is 16.0. The molecule has 0 N–H and O–H groups in total. The third-order valence-corrected chi connectivity index (χ3v) is 8.49. The van der Waals surface area contributed by atoms with Crippen LogP contribution in [0.3, 0.4) is 0 Å². The number of piperidine rings is 1. The quantitative estimate of drug-likeness (QED) is 0.621. The number of nitrogens with zero attached hydrogens (tertiary/aromatic N) is 3. The van der Waals surface area contributed by atoms with Gasteiger partial charge in [-0.1, -0.05) is 18.6 Å². The van der Waals surface area contributed by atoms with Crippen LogP contribution in [0.4, 0.5) is 5.69 Å². The lowest BCUT2D eigenvalue weighted by Crippen LogP contribution is -2.48. The Morgan fingerprint density at radius 1 is 0.848 bits per heavy atom. The molecule has 2 aromatic rings. The number of aryl methyl sites for hydroxylation is 1. The molecule has 0 unspecified atom stereocenters. The van der Waals surface area contributed by atoms with Crippen molar-refractivity contribution in [2.24, 2.45) is 0 Å². The Bertz CT molecular complexity index is 1020. The normalized spacial score (nSPS) is 17.7. The van der Waals surface area contributed by atoms with Crippen molar-refractivity contribution >= 4 is 21.6 Å². The van der Waals surface area contributed by atoms with Crippen LogP contribution in [-0.4, -0.2) is 69.9 Å². The number of sulfonamides is 1. The van der Waals surface area contributed by atoms with Crippen LogP contribution in [0.15, 0.2) is 53.4 Å². The average Bonchev–Trinajstić information content (AvgIpc) is 2.88. The maximum absolute atomic E-state index is 12.8. The van der Waals surface area contributed by atoms with Crippen LogP contribution in [0.1, 0.15) is 31.2 Å². The Kier molecular flexibility index (Phi) is 7.55. The largest absolute Gasteiger partial charge is 0.497 e. The molecule has 0 atom stereocenters. The van der Waals surface area contributed by atoms with E-state index in [1.54, 1.807) is 23.5 Å². The minimum absolute atomic E-state index is 0.148. The van der Waals surface area contributed by atoms with E-state index in [9.17, 15) is 13.2 Å². The molecule has 0 spiro atoms. The van der Waals surface area contributed by atoms with E-state index in [1.165, 1.54) is 0 Å². The van der Waals surface area contributed by atoms with Gasteiger partial charge in [0.05, 0.1) is 12.0 Å². The van der Waals surface area contributed by atoms with Crippen LogP contribution >= 0.6 is 0 Å². The van der Waals surface area contributed by atoms with Gasteiger partial charge in [-0.2, -0.15) is 4.31 Å². The maximum Gasteiger partial charge on any atom is 0.243 e. The van der Waals surface area contributed by atoms with Crippen molar-refractivity contribution in [3.63, 3.8) is 0 Å². The van der Waals surface area contributed by atoms with Crippen molar-refractivity contribution in [3.8, 4) is 5.75 Å². The van der Waals surface area contributed by atoms with Crippen molar-refractivity contribution in [2.75, 3.05) is 51.3 Å². The van der Waals surface area contributed by atoms with Gasteiger partial charge in [0.1, 0.15) is 5.75 Å². The lowest BCUT2D eigenvalue weighted by atomic mass is 10.1. The molecule has 0 saturated carbocycles. The first-order valence-electron chi connectivity index (χ1n) is 11.7. The van der Waals surface area contributed by atoms with E-state index in [-0.39, 0.29) is 5.91 Å². The highest BCUT2D eigenvalue weighted by molar-refractivity contribution is 7.89. The Hall–Kier alpha value is -2.58. The molecular formula is C25H33N3O4S. The topological polar surface area (TPSA) is 70.2 Å². The van der Waals surface area contributed by atoms with E-state index in [2.05, 4.69) is 4.90 Å². The second kappa shape index (κ2) is 10.6. The highest BCUT2D eigenvalue weighted by atomic mass is 32.2. The Morgan fingerprint density at radius 2 is 1.48 bits per heavy atom. The van der Waals surface area contributed by atoms with Gasteiger partial charge < -0.3 is 14.5 Å². The summed E-state index contributed by atoms with van der Waals surface area (Å²) in [5.41, 5.74) is 2.13. The van der Waals surface area contributed by atoms with Gasteiger partial charge in [0.15, 0.2) is 0 Å². The zero-order valence-corrected chi connectivity index (χ0v) is 20.1. The van der Waals surface area contributed by atoms with Crippen LogP contribution in [0.2, 0.25) is 0 Å². The van der Waals surface area contributed by atoms with Crippen LogP contribution in [-0.2, 0) is 21.2 Å². The molecule has 1 amide bonds. The molecular weight excluding hydrogens is 438 g/mol. The van der Waals surface area contributed by atoms with Gasteiger partial charge in [-0.05, 0) is 61.2 Å². The number of carbonyl (C=O) groups excluding carboxylic acids is 1. The molecule has 2 aliphatic heterocycles. The van der Waals surface area contributed by atoms with Gasteiger partial charge >= 0.3 is 0 Å². The Balaban J connectivity index is 1.26. The number of methoxy groups -OCH3 is 1. The number of hydrogen-bond acceptors (Lipinski definition) is 5. The SMILES string of the molecule is COc1ccc(N2CCN(C(=O)CCc3ccc(S(=O)(=O)N4CCCCC4)cc3)CC2)cc1. The van der Waals surface area contributed by atoms with Gasteiger partial charge in [0, 0.05) is 51.4 Å². The molecule has 0 bridgehead atoms. The van der Waals surface area contributed by atoms with Crippen molar-refractivity contribution in [2.45, 2.75) is 37.0 Å². The third-order valence-electron chi connectivity index (χ3n) is 6.57. The van der Waals surface area contributed by atoms with Crippen LogP contribution in [0.5, 0.6) is 5.75 Å². The summed E-state index contributed by atoms with van der Waals surface area (Å²) in [6, 6.07) is 15.0. The first-order valence-corrected chi connectivity index (χ1v) is 13.2. The maximum atomic E-state index is 12.8. The van der Waals surface area contributed by atoms with Crippen molar-refractivity contribution in [3.05, 3.63) is 54.1 Å². The van der Waals surface area contributed by atoms with Crippen molar-refractivity contribution < 1.29 is 17.9 Å². The van der Waals surface area contributed by atoms with Gasteiger partial charge in [-0.3, -0.25) is 4.79 Å². The summed E-state index contributed by atoms with van der Waals surface area (Å²) in [4.78, 5) is 17.3. The molecule has 178 valence electrons. The van der Waals surface area contributed by atoms with Gasteiger partial charge in [-0.15, -0.1) is 0 Å². The third kappa shape index (κ3) is 5.68. The van der Waals surface area contributed by atoms with Crippen molar-refractivity contribution in [1.29, 1.82) is 0 Å². The number of benzene rings is 2. The second-order valence-corrected chi connectivity index (χ2v) is 10.6. The molecule has 7 nitrogen and oxygen atoms in total. The lowest BCUT2D eigenvalue weighted by Gasteiger charge is -2.36. The van der Waals surface area contributed by atoms with E-state index in [4.69, 9.17) is 4.74 Å². The number of hydrogen-bond donors (Lipinski definition) is 0. The minimum Gasteiger partial charge on any atom is -0.497 e. The van der Waals surface area contributed by atoms with Gasteiger partial charge in [0.25, 0.3) is 0 Å². The smallest absolute Gasteiger partial charge is 0.243 e. The predicted octanol–water partition coefficient (Wildman–Crippen LogP) is 3.15. The van der Waals surface area contributed by atoms with Crippen LogP contribution in [0, 0.1) is 0 Å². The molecule has 2 fully saturated rings. The van der Waals surface area contributed by atoms with Crippen LogP contribution < -0.4 is 9.64 Å². The second-order valence-electron chi connectivity index (χ2n) is 8.67. The zero-order chi connectivity index (χ0) is 23.3. The average molecular weight is 472 g/mol. The Morgan fingerprint density at radius 3 is 2.09 bits per heavy atom. The van der Waals surface area contributed by atoms with E-state index in [0.717, 1.165) is 49.4 Å². The van der Waals surface area contributed by atoms with Crippen molar-refractivity contribution in [1.82, 2.24) is 9.21 Å². The van der Waals surface area contributed by atoms with Gasteiger partial charge in [0.2, 0.25) is 15.9 Å². The highest BCUT2D eigenvalue weighted by Crippen LogP contribution is 2.22. The predicted molar refractivity (Wildman–Crippen MR) is 129 cm³/mol. The van der Waals surface area contributed by atoms with E-state index < -0.39 is 10.0 Å². The first kappa shape index (κ1) is 23.6. The summed E-state index contributed by atoms with van der Waals surface area (Å²) in [7, 11) is -1.75. The summed E-state index contributed by atoms with van der Waals surface area (Å²) >= 11 is 0. The minimum atomic E-state index is -3.41. The number of carbonyl (C=O) groups is 1. The number of piperazine rings is 1. The summed E-state index contributed by atoms with van der Waals surface area (Å²) in [5, 5.41) is 0. The van der Waals surface area contributed by atoms with Crippen LogP contribution in [0.25, 0.3) is 0 Å². The number of rotatable bonds is 7. The standard InChI is InChI=1S/C25H33N3O4S/c1-32-23-10-8-22(9-11-23)26-17-19-27(20-18-26)25(29)14-7-21-5-12-24(13-6-21)33(30,31)28-15-3-2-4-16-28/h5-6,8-13H,2-4,7,14-20H2,1H3. The van der Waals surface area contributed by atoms with E-state index in [1.807, 2.05) is 41.3 Å². The molecule has 2 saturated heterocycles. The Labute approximate surface area is 197 Å². The summed E-state index contributed by atoms with van der Waals surface area (Å²) in [6.07, 6.45) is 3.99. The molecule has 33 heavy (non-hydrogen) atoms. The fourth-order valence-electron chi connectivity index (χ4n) is 4.50. The molecule has 4 rings (SSSR count). The molecule has 0 aromatic heterocycles. The molecule has 0 radical (unpaired) electrons. The van der Waals surface area contributed by atoms with E-state index >= 15 is 0 Å². The highest BCUT2D eigenvalue weighted by Gasteiger charge is 2.26. The number of ether oxygens (including phenoxy) is 1. The summed E-state index contributed by atoms with van der Waals surface area (Å²) < 4.78 is 32.4. The molecule has 2 heterocycles. The summed E-state index contributed by atoms with van der Waals surface area (Å²) in [5.74, 6) is 0.985. The fraction of sp³-hybridized carbons (Fsp3) is 0.480. The number of anilines is 1. The molecule has 2 aromatic carbocycles. The molecule has 0 aliphatic carbocycles.